The first kappa shape index (κ1) is 28.0. The number of rotatable bonds is 10. The Balaban J connectivity index is 1.42. The summed E-state index contributed by atoms with van der Waals surface area (Å²) >= 11 is 0. The van der Waals surface area contributed by atoms with Crippen LogP contribution in [0.25, 0.3) is 0 Å². The number of primary amides is 1. The molecule has 0 spiro atoms. The zero-order chi connectivity index (χ0) is 26.3. The number of halogens is 3. The fourth-order valence-electron chi connectivity index (χ4n) is 5.06. The van der Waals surface area contributed by atoms with Crippen LogP contribution in [-0.2, 0) is 25.3 Å². The van der Waals surface area contributed by atoms with E-state index in [0.29, 0.717) is 50.4 Å². The van der Waals surface area contributed by atoms with Crippen LogP contribution < -0.4 is 10.6 Å². The second-order valence-corrected chi connectivity index (χ2v) is 10.00. The van der Waals surface area contributed by atoms with Gasteiger partial charge < -0.3 is 20.2 Å². The summed E-state index contributed by atoms with van der Waals surface area (Å²) < 4.78 is 44.6. The third-order valence-corrected chi connectivity index (χ3v) is 7.35. The summed E-state index contributed by atoms with van der Waals surface area (Å²) in [4.78, 5) is 39.7. The number of carbonyl (C=O) groups excluding carboxylic acids is 3. The smallest absolute Gasteiger partial charge is 0.416 e. The second-order valence-electron chi connectivity index (χ2n) is 10.00. The van der Waals surface area contributed by atoms with Gasteiger partial charge in [0.05, 0.1) is 5.56 Å². The van der Waals surface area contributed by atoms with Gasteiger partial charge in [0.2, 0.25) is 0 Å². The van der Waals surface area contributed by atoms with E-state index in [1.807, 2.05) is 4.90 Å². The average molecular weight is 512 g/mol. The number of Topliss-reactive ketones (excluding diaryl/α,β-unsaturated/α-hetero) is 1. The summed E-state index contributed by atoms with van der Waals surface area (Å²) in [6.45, 7) is 5.20. The number of nitrogens with zero attached hydrogens (tertiary/aromatic N) is 2. The monoisotopic (exact) mass is 511 g/mol. The highest BCUT2D eigenvalue weighted by molar-refractivity contribution is 5.86. The summed E-state index contributed by atoms with van der Waals surface area (Å²) in [6, 6.07) is 5.46. The molecule has 2 fully saturated rings. The van der Waals surface area contributed by atoms with Crippen molar-refractivity contribution in [2.45, 2.75) is 70.1 Å². The number of ketones is 1. The van der Waals surface area contributed by atoms with Crippen molar-refractivity contribution >= 4 is 23.3 Å². The van der Waals surface area contributed by atoms with E-state index in [-0.39, 0.29) is 12.2 Å². The summed E-state index contributed by atoms with van der Waals surface area (Å²) in [6.07, 6.45) is -0.375. The zero-order valence-electron chi connectivity index (χ0n) is 20.8. The van der Waals surface area contributed by atoms with E-state index in [2.05, 4.69) is 4.90 Å². The number of esters is 1. The van der Waals surface area contributed by atoms with Gasteiger partial charge in [-0.3, -0.25) is 14.5 Å². The first-order valence-electron chi connectivity index (χ1n) is 12.6. The number of hydrogen-bond donors (Lipinski definition) is 1. The van der Waals surface area contributed by atoms with Gasteiger partial charge in [0.15, 0.2) is 5.60 Å². The van der Waals surface area contributed by atoms with Gasteiger partial charge in [-0.1, -0.05) is 6.07 Å². The normalized spacial score (nSPS) is 23.3. The number of benzene rings is 1. The number of nitrogens with two attached hydrogens (primary N) is 1. The molecule has 1 saturated carbocycles. The summed E-state index contributed by atoms with van der Waals surface area (Å²) in [5, 5.41) is 0. The van der Waals surface area contributed by atoms with Crippen LogP contribution in [0.1, 0.15) is 63.9 Å². The second kappa shape index (κ2) is 12.1. The van der Waals surface area contributed by atoms with Crippen molar-refractivity contribution in [2.24, 2.45) is 11.7 Å². The Bertz CT molecular complexity index is 921. The van der Waals surface area contributed by atoms with Gasteiger partial charge in [0.1, 0.15) is 5.78 Å². The Kier molecular flexibility index (Phi) is 9.38. The van der Waals surface area contributed by atoms with Gasteiger partial charge in [0.25, 0.3) is 5.91 Å². The topological polar surface area (TPSA) is 92.9 Å². The van der Waals surface area contributed by atoms with Crippen molar-refractivity contribution in [3.8, 4) is 0 Å². The molecule has 1 amide bonds. The number of amides is 1. The lowest BCUT2D eigenvalue weighted by Gasteiger charge is -2.39. The quantitative estimate of drug-likeness (QED) is 0.479. The summed E-state index contributed by atoms with van der Waals surface area (Å²) in [5.41, 5.74) is 4.31. The predicted octanol–water partition coefficient (Wildman–Crippen LogP) is 3.93. The van der Waals surface area contributed by atoms with Gasteiger partial charge in [-0.15, -0.1) is 0 Å². The number of hydrogen-bond acceptors (Lipinski definition) is 6. The fourth-order valence-corrected chi connectivity index (χ4v) is 5.06. The largest absolute Gasteiger partial charge is 0.449 e. The Morgan fingerprint density at radius 2 is 1.75 bits per heavy atom. The Hall–Kier alpha value is -2.62. The molecule has 2 aliphatic rings. The number of piperazine rings is 1. The molecule has 7 nitrogen and oxygen atoms in total. The molecule has 1 aromatic carbocycles. The maximum absolute atomic E-state index is 13.0. The molecule has 2 N–H and O–H groups in total. The van der Waals surface area contributed by atoms with Crippen LogP contribution in [0.4, 0.5) is 18.9 Å². The minimum atomic E-state index is -4.35. The highest BCUT2D eigenvalue weighted by Crippen LogP contribution is 2.37. The maximum Gasteiger partial charge on any atom is 0.416 e. The molecule has 10 heteroatoms. The van der Waals surface area contributed by atoms with Gasteiger partial charge in [-0.05, 0) is 76.1 Å². The molecular formula is C26H36F3N3O4. The van der Waals surface area contributed by atoms with Gasteiger partial charge in [-0.25, -0.2) is 0 Å². The lowest BCUT2D eigenvalue weighted by atomic mass is 9.77. The molecule has 0 aromatic heterocycles. The third-order valence-electron chi connectivity index (χ3n) is 7.35. The van der Waals surface area contributed by atoms with E-state index in [1.54, 1.807) is 6.07 Å². The van der Waals surface area contributed by atoms with Crippen molar-refractivity contribution in [1.82, 2.24) is 4.90 Å². The molecule has 1 aliphatic carbocycles. The molecule has 3 rings (SSSR count). The van der Waals surface area contributed by atoms with Crippen molar-refractivity contribution in [3.05, 3.63) is 29.8 Å². The number of ether oxygens (including phenoxy) is 1. The van der Waals surface area contributed by atoms with Crippen molar-refractivity contribution < 1.29 is 32.3 Å². The van der Waals surface area contributed by atoms with Crippen LogP contribution >= 0.6 is 0 Å². The van der Waals surface area contributed by atoms with Crippen LogP contribution in [0.3, 0.4) is 0 Å². The predicted molar refractivity (Wildman–Crippen MR) is 129 cm³/mol. The van der Waals surface area contributed by atoms with E-state index in [0.717, 1.165) is 45.0 Å². The highest BCUT2D eigenvalue weighted by atomic mass is 19.4. The van der Waals surface area contributed by atoms with Crippen molar-refractivity contribution in [2.75, 3.05) is 37.6 Å². The maximum atomic E-state index is 13.0. The molecule has 0 radical (unpaired) electrons. The van der Waals surface area contributed by atoms with E-state index >= 15 is 0 Å². The zero-order valence-corrected chi connectivity index (χ0v) is 20.8. The van der Waals surface area contributed by atoms with E-state index < -0.39 is 29.2 Å². The fraction of sp³-hybridized carbons (Fsp3) is 0.654. The van der Waals surface area contributed by atoms with Gasteiger partial charge >= 0.3 is 12.1 Å². The van der Waals surface area contributed by atoms with Gasteiger partial charge in [0, 0.05) is 44.7 Å². The van der Waals surface area contributed by atoms with Crippen LogP contribution in [0.15, 0.2) is 24.3 Å². The molecule has 200 valence electrons. The van der Waals surface area contributed by atoms with Crippen LogP contribution in [-0.4, -0.2) is 60.9 Å². The molecule has 1 aliphatic heterocycles. The third kappa shape index (κ3) is 7.69. The molecule has 1 saturated heterocycles. The molecule has 0 atom stereocenters. The number of alkyl halides is 3. The van der Waals surface area contributed by atoms with Crippen LogP contribution in [0.2, 0.25) is 0 Å². The Labute approximate surface area is 210 Å². The molecule has 1 heterocycles. The standard InChI is InChI=1S/C26H36F3N3O4/c1-19(33)4-2-7-23(34)36-25(24(30)35)11-8-20(9-12-25)10-13-31-14-16-32(17-15-31)22-6-3-5-21(18-22)26(27,28)29/h3,5-6,18,20H,2,4,7-17H2,1H3,(H2,30,35). The first-order valence-corrected chi connectivity index (χ1v) is 12.6. The molecule has 0 unspecified atom stereocenters. The Morgan fingerprint density at radius 1 is 1.08 bits per heavy atom. The van der Waals surface area contributed by atoms with Crippen molar-refractivity contribution in [1.29, 1.82) is 0 Å². The SMILES string of the molecule is CC(=O)CCCC(=O)OC1(C(N)=O)CCC(CCN2CCN(c3cccc(C(F)(F)F)c3)CC2)CC1. The summed E-state index contributed by atoms with van der Waals surface area (Å²) in [7, 11) is 0. The first-order chi connectivity index (χ1) is 17.0. The van der Waals surface area contributed by atoms with E-state index in [9.17, 15) is 27.6 Å². The summed E-state index contributed by atoms with van der Waals surface area (Å²) in [5.74, 6) is -0.723. The molecule has 1 aromatic rings. The minimum absolute atomic E-state index is 0.00462. The Morgan fingerprint density at radius 3 is 2.33 bits per heavy atom. The van der Waals surface area contributed by atoms with E-state index in [4.69, 9.17) is 10.5 Å². The lowest BCUT2D eigenvalue weighted by molar-refractivity contribution is -0.172. The average Bonchev–Trinajstić information content (AvgIpc) is 2.83. The highest BCUT2D eigenvalue weighted by Gasteiger charge is 2.44. The van der Waals surface area contributed by atoms with Crippen LogP contribution in [0, 0.1) is 5.92 Å². The van der Waals surface area contributed by atoms with Crippen LogP contribution in [0.5, 0.6) is 0 Å². The van der Waals surface area contributed by atoms with Crippen molar-refractivity contribution in [3.63, 3.8) is 0 Å². The molecule has 36 heavy (non-hydrogen) atoms. The van der Waals surface area contributed by atoms with Gasteiger partial charge in [-0.2, -0.15) is 13.2 Å². The van der Waals surface area contributed by atoms with E-state index in [1.165, 1.54) is 19.1 Å². The molecule has 0 bridgehead atoms. The number of carbonyl (C=O) groups is 3. The minimum Gasteiger partial charge on any atom is -0.449 e. The lowest BCUT2D eigenvalue weighted by Crippen LogP contribution is -2.50. The number of anilines is 1. The molecular weight excluding hydrogens is 475 g/mol.